The van der Waals surface area contributed by atoms with E-state index in [0.29, 0.717) is 0 Å². The summed E-state index contributed by atoms with van der Waals surface area (Å²) in [5, 5.41) is 2.12. The largest absolute Gasteiger partial charge is 0.431 e. The highest BCUT2D eigenvalue weighted by Gasteiger charge is 2.50. The predicted molar refractivity (Wildman–Crippen MR) is 114 cm³/mol. The number of allylic oxidation sites excluding steroid dienone is 1. The third-order valence-corrected chi connectivity index (χ3v) is 6.44. The van der Waals surface area contributed by atoms with Gasteiger partial charge in [0, 0.05) is 17.0 Å². The van der Waals surface area contributed by atoms with E-state index in [1.54, 1.807) is 30.6 Å². The third-order valence-electron chi connectivity index (χ3n) is 5.48. The topological polar surface area (TPSA) is 35.9 Å². The van der Waals surface area contributed by atoms with Crippen LogP contribution in [0.15, 0.2) is 58.1 Å². The first-order chi connectivity index (χ1) is 14.3. The number of halogens is 3. The molecule has 2 aromatic carbocycles. The molecular weight excluding hydrogens is 411 g/mol. The highest BCUT2D eigenvalue weighted by Crippen LogP contribution is 2.41. The van der Waals surface area contributed by atoms with Gasteiger partial charge in [-0.1, -0.05) is 31.2 Å². The maximum Gasteiger partial charge on any atom is 0.431 e. The van der Waals surface area contributed by atoms with Crippen molar-refractivity contribution in [2.45, 2.75) is 37.1 Å². The fraction of sp³-hybridized carbons (Fsp3) is 0.364. The predicted octanol–water partition coefficient (Wildman–Crippen LogP) is 5.01. The lowest BCUT2D eigenvalue weighted by molar-refractivity contribution is -0.145. The van der Waals surface area contributed by atoms with Gasteiger partial charge in [0.2, 0.25) is 0 Å². The molecule has 0 aromatic heterocycles. The van der Waals surface area contributed by atoms with E-state index in [1.807, 2.05) is 30.3 Å². The number of carbonyl (C=O) groups is 1. The molecule has 0 N–H and O–H groups in total. The van der Waals surface area contributed by atoms with Crippen molar-refractivity contribution < 1.29 is 18.0 Å². The average molecular weight is 433 g/mol. The molecule has 0 saturated heterocycles. The number of fused-ring (bicyclic) bond motifs is 2. The van der Waals surface area contributed by atoms with Crippen LogP contribution in [0.2, 0.25) is 0 Å². The van der Waals surface area contributed by atoms with Crippen molar-refractivity contribution in [2.24, 2.45) is 4.99 Å². The lowest BCUT2D eigenvalue weighted by atomic mass is 10.0. The summed E-state index contributed by atoms with van der Waals surface area (Å²) in [5.74, 6) is 0.268. The highest BCUT2D eigenvalue weighted by molar-refractivity contribution is 7.99. The lowest BCUT2D eigenvalue weighted by Crippen LogP contribution is -2.53. The second-order valence-electron chi connectivity index (χ2n) is 7.28. The van der Waals surface area contributed by atoms with E-state index in [0.717, 1.165) is 38.0 Å². The fourth-order valence-corrected chi connectivity index (χ4v) is 4.98. The molecule has 0 bridgehead atoms. The molecule has 0 fully saturated rings. The van der Waals surface area contributed by atoms with Crippen LogP contribution in [0.25, 0.3) is 10.8 Å². The Morgan fingerprint density at radius 2 is 1.80 bits per heavy atom. The lowest BCUT2D eigenvalue weighted by Gasteiger charge is -2.35. The molecule has 8 heteroatoms. The zero-order valence-corrected chi connectivity index (χ0v) is 17.7. The van der Waals surface area contributed by atoms with Crippen LogP contribution in [0, 0.1) is 0 Å². The minimum absolute atomic E-state index is 0.0423. The average Bonchev–Trinajstić information content (AvgIpc) is 3.03. The van der Waals surface area contributed by atoms with Crippen molar-refractivity contribution in [1.82, 2.24) is 9.80 Å². The minimum Gasteiger partial charge on any atom is -0.307 e. The number of benzene rings is 2. The number of carbonyl (C=O) groups excluding carboxylic acids is 1. The van der Waals surface area contributed by atoms with E-state index in [2.05, 4.69) is 18.0 Å². The van der Waals surface area contributed by atoms with Gasteiger partial charge in [0.05, 0.1) is 5.71 Å². The van der Waals surface area contributed by atoms with Gasteiger partial charge in [-0.25, -0.2) is 0 Å². The molecule has 0 saturated carbocycles. The molecule has 1 amide bonds. The molecule has 4 rings (SSSR count). The Balaban J connectivity index is 1.83. The number of thioether (sulfide) groups is 1. The van der Waals surface area contributed by atoms with E-state index in [4.69, 9.17) is 0 Å². The molecule has 2 aliphatic rings. The number of likely N-dealkylation sites (N-methyl/N-ethyl adjacent to an activating group) is 2. The number of alkyl halides is 3. The van der Waals surface area contributed by atoms with Crippen LogP contribution in [0.4, 0.5) is 13.2 Å². The molecule has 0 radical (unpaired) electrons. The minimum atomic E-state index is -4.61. The van der Waals surface area contributed by atoms with E-state index in [-0.39, 0.29) is 12.3 Å². The van der Waals surface area contributed by atoms with Gasteiger partial charge in [-0.05, 0) is 48.7 Å². The van der Waals surface area contributed by atoms with Crippen LogP contribution in [0.1, 0.15) is 25.6 Å². The highest BCUT2D eigenvalue weighted by atomic mass is 32.2. The molecule has 0 spiro atoms. The molecule has 2 atom stereocenters. The zero-order chi connectivity index (χ0) is 21.6. The Hall–Kier alpha value is -2.32. The van der Waals surface area contributed by atoms with Gasteiger partial charge in [0.25, 0.3) is 5.91 Å². The molecule has 2 unspecified atom stereocenters. The molecule has 4 nitrogen and oxygen atoms in total. The van der Waals surface area contributed by atoms with Crippen molar-refractivity contribution in [3.63, 3.8) is 0 Å². The quantitative estimate of drug-likeness (QED) is 0.636. The van der Waals surface area contributed by atoms with E-state index >= 15 is 0 Å². The summed E-state index contributed by atoms with van der Waals surface area (Å²) in [6, 6.07) is 11.3. The number of nitrogens with zero attached hydrogens (tertiary/aromatic N) is 3. The number of aliphatic imine (C=N–C) groups is 1. The number of amides is 1. The maximum absolute atomic E-state index is 13.5. The maximum atomic E-state index is 13.5. The number of hydrogen-bond acceptors (Lipinski definition) is 4. The van der Waals surface area contributed by atoms with Gasteiger partial charge in [-0.3, -0.25) is 14.7 Å². The van der Waals surface area contributed by atoms with Gasteiger partial charge in [-0.2, -0.15) is 13.2 Å². The summed E-state index contributed by atoms with van der Waals surface area (Å²) in [6.45, 7) is 3.55. The second kappa shape index (κ2) is 7.74. The molecule has 2 aliphatic heterocycles. The van der Waals surface area contributed by atoms with Crippen molar-refractivity contribution in [3.8, 4) is 0 Å². The molecule has 158 valence electrons. The summed E-state index contributed by atoms with van der Waals surface area (Å²) in [7, 11) is 1.75. The van der Waals surface area contributed by atoms with Crippen molar-refractivity contribution in [2.75, 3.05) is 19.3 Å². The van der Waals surface area contributed by atoms with Crippen LogP contribution in [-0.4, -0.2) is 53.0 Å². The van der Waals surface area contributed by atoms with Crippen LogP contribution in [-0.2, 0) is 4.79 Å². The Kier molecular flexibility index (Phi) is 5.40. The Bertz CT molecular complexity index is 1060. The van der Waals surface area contributed by atoms with Crippen molar-refractivity contribution in [1.29, 1.82) is 0 Å². The number of hydrogen-bond donors (Lipinski definition) is 0. The van der Waals surface area contributed by atoms with E-state index < -0.39 is 30.0 Å². The standard InChI is InChI=1S/C22H22F3N3OS/c1-4-28-18(22(23,24)25)12-16-19(21(28)29)27(3)20(26-16)15-10-13-8-6-7-9-14(13)11-17(15)30-5-2/h6-12,19-20H,4-5H2,1-3H3. The van der Waals surface area contributed by atoms with Crippen LogP contribution in [0.3, 0.4) is 0 Å². The fourth-order valence-electron chi connectivity index (χ4n) is 4.12. The Morgan fingerprint density at radius 3 is 2.40 bits per heavy atom. The van der Waals surface area contributed by atoms with Gasteiger partial charge in [0.1, 0.15) is 17.9 Å². The van der Waals surface area contributed by atoms with Crippen LogP contribution in [0.5, 0.6) is 0 Å². The number of rotatable bonds is 4. The summed E-state index contributed by atoms with van der Waals surface area (Å²) < 4.78 is 40.6. The van der Waals surface area contributed by atoms with Gasteiger partial charge in [-0.15, -0.1) is 11.8 Å². The molecule has 30 heavy (non-hydrogen) atoms. The Labute approximate surface area is 177 Å². The summed E-state index contributed by atoms with van der Waals surface area (Å²) in [6.07, 6.45) is -4.10. The summed E-state index contributed by atoms with van der Waals surface area (Å²) in [4.78, 5) is 21.2. The van der Waals surface area contributed by atoms with Crippen molar-refractivity contribution >= 4 is 34.2 Å². The Morgan fingerprint density at radius 1 is 1.13 bits per heavy atom. The normalized spacial score (nSPS) is 22.3. The van der Waals surface area contributed by atoms with E-state index in [1.165, 1.54) is 0 Å². The molecule has 2 heterocycles. The smallest absolute Gasteiger partial charge is 0.307 e. The van der Waals surface area contributed by atoms with Gasteiger partial charge in [0.15, 0.2) is 0 Å². The molecular formula is C22H22F3N3OS. The second-order valence-corrected chi connectivity index (χ2v) is 8.58. The van der Waals surface area contributed by atoms with Gasteiger partial charge >= 0.3 is 6.18 Å². The third kappa shape index (κ3) is 3.41. The monoisotopic (exact) mass is 433 g/mol. The van der Waals surface area contributed by atoms with Crippen molar-refractivity contribution in [3.05, 3.63) is 53.7 Å². The first kappa shape index (κ1) is 20.9. The van der Waals surface area contributed by atoms with E-state index in [9.17, 15) is 18.0 Å². The first-order valence-corrected chi connectivity index (χ1v) is 10.8. The first-order valence-electron chi connectivity index (χ1n) is 9.81. The zero-order valence-electron chi connectivity index (χ0n) is 16.9. The van der Waals surface area contributed by atoms with Gasteiger partial charge < -0.3 is 4.90 Å². The summed E-state index contributed by atoms with van der Waals surface area (Å²) in [5.41, 5.74) is 0.133. The SMILES string of the molecule is CCSc1cc2ccccc2cc1C1N=C2C=C(C(F)(F)F)N(CC)C(=O)C2N1C. The summed E-state index contributed by atoms with van der Waals surface area (Å²) >= 11 is 1.66. The molecule has 0 aliphatic carbocycles. The molecule has 2 aromatic rings. The van der Waals surface area contributed by atoms with Crippen LogP contribution >= 0.6 is 11.8 Å². The van der Waals surface area contributed by atoms with Crippen LogP contribution < -0.4 is 0 Å².